The third-order valence-electron chi connectivity index (χ3n) is 4.30. The summed E-state index contributed by atoms with van der Waals surface area (Å²) in [6.45, 7) is 3.21. The first-order valence-electron chi connectivity index (χ1n) is 7.74. The monoisotopic (exact) mass is 320 g/mol. The highest BCUT2D eigenvalue weighted by atomic mass is 32.1. The van der Waals surface area contributed by atoms with Crippen LogP contribution in [0.5, 0.6) is 0 Å². The van der Waals surface area contributed by atoms with Gasteiger partial charge in [0.15, 0.2) is 4.77 Å². The molecule has 0 spiro atoms. The maximum atomic E-state index is 5.70. The van der Waals surface area contributed by atoms with E-state index in [1.54, 1.807) is 11.3 Å². The van der Waals surface area contributed by atoms with Crippen LogP contribution in [0.2, 0.25) is 0 Å². The molecule has 0 radical (unpaired) electrons. The minimum absolute atomic E-state index is 0.597. The van der Waals surface area contributed by atoms with Gasteiger partial charge in [-0.25, -0.2) is 4.68 Å². The second kappa shape index (κ2) is 5.66. The smallest absolute Gasteiger partial charge is 0.199 e. The molecule has 0 amide bonds. The summed E-state index contributed by atoms with van der Waals surface area (Å²) in [5.74, 6) is 1.14. The summed E-state index contributed by atoms with van der Waals surface area (Å²) >= 11 is 7.50. The van der Waals surface area contributed by atoms with Gasteiger partial charge in [0.1, 0.15) is 5.82 Å². The second-order valence-electron chi connectivity index (χ2n) is 6.02. The summed E-state index contributed by atoms with van der Waals surface area (Å²) in [7, 11) is 0. The van der Waals surface area contributed by atoms with Crippen molar-refractivity contribution in [2.45, 2.75) is 44.8 Å². The van der Waals surface area contributed by atoms with Crippen molar-refractivity contribution in [3.63, 3.8) is 0 Å². The van der Waals surface area contributed by atoms with E-state index in [1.165, 1.54) is 43.6 Å². The van der Waals surface area contributed by atoms with Crippen molar-refractivity contribution in [2.75, 3.05) is 13.1 Å². The number of aromatic nitrogens is 3. The molecule has 1 aliphatic carbocycles. The molecular formula is C15H20N4S2. The molecule has 1 saturated carbocycles. The quantitative estimate of drug-likeness (QED) is 0.789. The Morgan fingerprint density at radius 3 is 2.76 bits per heavy atom. The Hall–Kier alpha value is -0.980. The van der Waals surface area contributed by atoms with Crippen molar-refractivity contribution in [1.29, 1.82) is 0 Å². The number of hydrogen-bond donors (Lipinski definition) is 0. The zero-order valence-electron chi connectivity index (χ0n) is 12.1. The first kappa shape index (κ1) is 13.7. The minimum atomic E-state index is 0.597. The van der Waals surface area contributed by atoms with Crippen LogP contribution in [0.15, 0.2) is 17.5 Å². The Kier molecular flexibility index (Phi) is 3.69. The highest BCUT2D eigenvalue weighted by Crippen LogP contribution is 2.36. The predicted molar refractivity (Wildman–Crippen MR) is 87.3 cm³/mol. The fourth-order valence-electron chi connectivity index (χ4n) is 3.06. The van der Waals surface area contributed by atoms with E-state index in [-0.39, 0.29) is 0 Å². The van der Waals surface area contributed by atoms with Gasteiger partial charge < -0.3 is 4.57 Å². The molecule has 21 heavy (non-hydrogen) atoms. The van der Waals surface area contributed by atoms with Crippen molar-refractivity contribution >= 4 is 23.6 Å². The second-order valence-corrected chi connectivity index (χ2v) is 7.42. The Balaban J connectivity index is 1.63. The molecule has 0 unspecified atom stereocenters. The largest absolute Gasteiger partial charge is 0.301 e. The lowest BCUT2D eigenvalue weighted by Gasteiger charge is -2.13. The van der Waals surface area contributed by atoms with E-state index in [1.807, 2.05) is 4.68 Å². The van der Waals surface area contributed by atoms with Gasteiger partial charge in [0, 0.05) is 17.3 Å². The number of likely N-dealkylation sites (tertiary alicyclic amines) is 1. The van der Waals surface area contributed by atoms with E-state index < -0.39 is 0 Å². The van der Waals surface area contributed by atoms with Gasteiger partial charge in [-0.2, -0.15) is 5.10 Å². The van der Waals surface area contributed by atoms with Crippen LogP contribution < -0.4 is 0 Å². The Morgan fingerprint density at radius 1 is 1.29 bits per heavy atom. The number of rotatable bonds is 5. The Bertz CT molecular complexity index is 660. The summed E-state index contributed by atoms with van der Waals surface area (Å²) in [5.41, 5.74) is 0. The van der Waals surface area contributed by atoms with Gasteiger partial charge in [0.05, 0.1) is 6.67 Å². The summed E-state index contributed by atoms with van der Waals surface area (Å²) in [6.07, 6.45) is 6.02. The fourth-order valence-corrected chi connectivity index (χ4v) is 4.11. The number of nitrogens with zero attached hydrogens (tertiary/aromatic N) is 4. The fraction of sp³-hybridized carbons (Fsp3) is 0.600. The third kappa shape index (κ3) is 2.84. The summed E-state index contributed by atoms with van der Waals surface area (Å²) in [6, 6.07) is 4.89. The molecule has 112 valence electrons. The number of thiophene rings is 1. The maximum absolute atomic E-state index is 5.70. The van der Waals surface area contributed by atoms with Crippen molar-refractivity contribution in [3.05, 3.63) is 33.0 Å². The highest BCUT2D eigenvalue weighted by Gasteiger charge is 2.29. The van der Waals surface area contributed by atoms with Gasteiger partial charge >= 0.3 is 0 Å². The van der Waals surface area contributed by atoms with Crippen LogP contribution in [-0.4, -0.2) is 32.3 Å². The van der Waals surface area contributed by atoms with Gasteiger partial charge in [-0.05, 0) is 62.4 Å². The molecule has 1 saturated heterocycles. The molecule has 2 aromatic rings. The molecule has 0 atom stereocenters. The molecule has 2 fully saturated rings. The van der Waals surface area contributed by atoms with Gasteiger partial charge in [-0.3, -0.25) is 4.90 Å². The van der Waals surface area contributed by atoms with E-state index >= 15 is 0 Å². The van der Waals surface area contributed by atoms with Crippen LogP contribution in [0.25, 0.3) is 0 Å². The van der Waals surface area contributed by atoms with Crippen LogP contribution in [0, 0.1) is 4.77 Å². The van der Waals surface area contributed by atoms with E-state index in [2.05, 4.69) is 27.0 Å². The minimum Gasteiger partial charge on any atom is -0.301 e. The molecule has 0 bridgehead atoms. The van der Waals surface area contributed by atoms with Crippen molar-refractivity contribution in [3.8, 4) is 0 Å². The first-order valence-corrected chi connectivity index (χ1v) is 9.03. The zero-order valence-corrected chi connectivity index (χ0v) is 13.7. The van der Waals surface area contributed by atoms with Crippen LogP contribution in [0.1, 0.15) is 42.4 Å². The van der Waals surface area contributed by atoms with E-state index in [4.69, 9.17) is 17.3 Å². The molecule has 4 nitrogen and oxygen atoms in total. The van der Waals surface area contributed by atoms with Gasteiger partial charge in [-0.15, -0.1) is 11.3 Å². The lowest BCUT2D eigenvalue weighted by molar-refractivity contribution is 0.252. The highest BCUT2D eigenvalue weighted by molar-refractivity contribution is 7.71. The molecule has 3 heterocycles. The van der Waals surface area contributed by atoms with Gasteiger partial charge in [0.2, 0.25) is 0 Å². The average Bonchev–Trinajstić information content (AvgIpc) is 2.91. The predicted octanol–water partition coefficient (Wildman–Crippen LogP) is 3.45. The molecule has 6 heteroatoms. The maximum Gasteiger partial charge on any atom is 0.199 e. The molecule has 0 N–H and O–H groups in total. The van der Waals surface area contributed by atoms with E-state index in [0.717, 1.165) is 23.7 Å². The third-order valence-corrected chi connectivity index (χ3v) is 5.58. The van der Waals surface area contributed by atoms with Gasteiger partial charge in [-0.1, -0.05) is 6.07 Å². The molecule has 2 aliphatic rings. The first-order chi connectivity index (χ1) is 10.3. The topological polar surface area (TPSA) is 26.0 Å². The van der Waals surface area contributed by atoms with Crippen molar-refractivity contribution in [1.82, 2.24) is 19.2 Å². The molecule has 1 aliphatic heterocycles. The van der Waals surface area contributed by atoms with Crippen LogP contribution in [0.4, 0.5) is 0 Å². The molecular weight excluding hydrogens is 300 g/mol. The van der Waals surface area contributed by atoms with Crippen molar-refractivity contribution < 1.29 is 0 Å². The standard InChI is InChI=1S/C15H20N4S2/c20-15-18(11-17-7-1-2-8-17)16-14(19(15)12-5-6-12)10-13-4-3-9-21-13/h3-4,9,12H,1-2,5-8,10-11H2. The van der Waals surface area contributed by atoms with Crippen molar-refractivity contribution in [2.24, 2.45) is 0 Å². The Labute approximate surface area is 134 Å². The molecule has 0 aromatic carbocycles. The molecule has 2 aromatic heterocycles. The Morgan fingerprint density at radius 2 is 2.10 bits per heavy atom. The lowest BCUT2D eigenvalue weighted by Crippen LogP contribution is -2.23. The van der Waals surface area contributed by atoms with Crippen LogP contribution in [-0.2, 0) is 13.1 Å². The SMILES string of the molecule is S=c1n(CN2CCCC2)nc(Cc2cccs2)n1C1CC1. The number of hydrogen-bond acceptors (Lipinski definition) is 4. The van der Waals surface area contributed by atoms with Crippen LogP contribution in [0.3, 0.4) is 0 Å². The zero-order chi connectivity index (χ0) is 14.2. The summed E-state index contributed by atoms with van der Waals surface area (Å²) in [4.78, 5) is 3.82. The normalized spacial score (nSPS) is 19.4. The van der Waals surface area contributed by atoms with E-state index in [9.17, 15) is 0 Å². The average molecular weight is 320 g/mol. The summed E-state index contributed by atoms with van der Waals surface area (Å²) < 4.78 is 5.27. The molecule has 4 rings (SSSR count). The van der Waals surface area contributed by atoms with Crippen LogP contribution >= 0.6 is 23.6 Å². The van der Waals surface area contributed by atoms with Gasteiger partial charge in [0.25, 0.3) is 0 Å². The van der Waals surface area contributed by atoms with E-state index in [0.29, 0.717) is 6.04 Å². The summed E-state index contributed by atoms with van der Waals surface area (Å²) in [5, 5.41) is 6.98. The lowest BCUT2D eigenvalue weighted by atomic mass is 10.3.